The Kier molecular flexibility index (Phi) is 5.21. The molecule has 0 saturated heterocycles. The number of aromatic nitrogens is 2. The van der Waals surface area contributed by atoms with Crippen LogP contribution in [-0.4, -0.2) is 9.55 Å². The third-order valence-electron chi connectivity index (χ3n) is 4.42. The molecular weight excluding hydrogens is 378 g/mol. The number of thioether (sulfide) groups is 1. The van der Waals surface area contributed by atoms with Crippen LogP contribution in [0.15, 0.2) is 82.7 Å². The van der Waals surface area contributed by atoms with Crippen LogP contribution in [0, 0.1) is 11.6 Å². The molecule has 1 aromatic heterocycles. The molecule has 0 aliphatic heterocycles. The summed E-state index contributed by atoms with van der Waals surface area (Å²) in [5, 5.41) is 0.940. The standard InChI is InChI=1S/C22H16F2N2OS/c23-18-10-6-11-19(24)17(18)14-28-22-25-20-12-5-4-9-16(20)21(27)26(22)13-15-7-2-1-3-8-15/h1-12H,13-14H2. The first kappa shape index (κ1) is 18.4. The number of hydrogen-bond donors (Lipinski definition) is 0. The number of nitrogens with zero attached hydrogens (tertiary/aromatic N) is 2. The molecule has 1 heterocycles. The van der Waals surface area contributed by atoms with E-state index < -0.39 is 11.6 Å². The largest absolute Gasteiger partial charge is 0.283 e. The third-order valence-corrected chi connectivity index (χ3v) is 5.42. The SMILES string of the molecule is O=c1c2ccccc2nc(SCc2c(F)cccc2F)n1Cc1ccccc1. The maximum Gasteiger partial charge on any atom is 0.262 e. The van der Waals surface area contributed by atoms with Gasteiger partial charge in [-0.15, -0.1) is 0 Å². The summed E-state index contributed by atoms with van der Waals surface area (Å²) in [5.41, 5.74) is 1.31. The highest BCUT2D eigenvalue weighted by atomic mass is 32.2. The summed E-state index contributed by atoms with van der Waals surface area (Å²) < 4.78 is 29.5. The van der Waals surface area contributed by atoms with Crippen molar-refractivity contribution >= 4 is 22.7 Å². The molecule has 0 radical (unpaired) electrons. The average molecular weight is 394 g/mol. The monoisotopic (exact) mass is 394 g/mol. The molecule has 0 amide bonds. The second-order valence-electron chi connectivity index (χ2n) is 6.28. The summed E-state index contributed by atoms with van der Waals surface area (Å²) >= 11 is 1.15. The maximum absolute atomic E-state index is 14.0. The van der Waals surface area contributed by atoms with Crippen LogP contribution >= 0.6 is 11.8 Å². The fraction of sp³-hybridized carbons (Fsp3) is 0.0909. The van der Waals surface area contributed by atoms with Gasteiger partial charge >= 0.3 is 0 Å². The van der Waals surface area contributed by atoms with Crippen molar-refractivity contribution in [2.24, 2.45) is 0 Å². The van der Waals surface area contributed by atoms with Gasteiger partial charge in [0.15, 0.2) is 5.16 Å². The zero-order chi connectivity index (χ0) is 19.5. The van der Waals surface area contributed by atoms with Crippen molar-refractivity contribution in [1.82, 2.24) is 9.55 Å². The van der Waals surface area contributed by atoms with Gasteiger partial charge in [0.1, 0.15) is 11.6 Å². The maximum atomic E-state index is 14.0. The summed E-state index contributed by atoms with van der Waals surface area (Å²) in [7, 11) is 0. The number of fused-ring (bicyclic) bond motifs is 1. The number of para-hydroxylation sites is 1. The Hall–Kier alpha value is -2.99. The molecule has 3 nitrogen and oxygen atoms in total. The lowest BCUT2D eigenvalue weighted by Crippen LogP contribution is -2.24. The van der Waals surface area contributed by atoms with Gasteiger partial charge in [0, 0.05) is 11.3 Å². The van der Waals surface area contributed by atoms with Crippen LogP contribution in [0.3, 0.4) is 0 Å². The van der Waals surface area contributed by atoms with Gasteiger partial charge < -0.3 is 0 Å². The van der Waals surface area contributed by atoms with Crippen molar-refractivity contribution in [2.45, 2.75) is 17.5 Å². The molecule has 4 aromatic rings. The molecule has 0 atom stereocenters. The van der Waals surface area contributed by atoms with E-state index in [1.165, 1.54) is 18.2 Å². The molecule has 28 heavy (non-hydrogen) atoms. The van der Waals surface area contributed by atoms with Crippen molar-refractivity contribution in [1.29, 1.82) is 0 Å². The minimum atomic E-state index is -0.606. The Morgan fingerprint density at radius 2 is 1.54 bits per heavy atom. The van der Waals surface area contributed by atoms with Gasteiger partial charge in [0.25, 0.3) is 5.56 Å². The molecule has 0 bridgehead atoms. The predicted molar refractivity (Wildman–Crippen MR) is 107 cm³/mol. The third kappa shape index (κ3) is 3.68. The Morgan fingerprint density at radius 1 is 0.857 bits per heavy atom. The molecule has 0 fully saturated rings. The van der Waals surface area contributed by atoms with Crippen molar-refractivity contribution in [3.05, 3.63) is 106 Å². The van der Waals surface area contributed by atoms with Gasteiger partial charge in [-0.25, -0.2) is 13.8 Å². The highest BCUT2D eigenvalue weighted by molar-refractivity contribution is 7.98. The van der Waals surface area contributed by atoms with E-state index in [1.54, 1.807) is 28.8 Å². The molecule has 4 rings (SSSR count). The normalized spacial score (nSPS) is 11.1. The van der Waals surface area contributed by atoms with E-state index in [0.29, 0.717) is 22.6 Å². The molecule has 0 aliphatic rings. The van der Waals surface area contributed by atoms with Crippen LogP contribution in [0.2, 0.25) is 0 Å². The molecule has 0 unspecified atom stereocenters. The van der Waals surface area contributed by atoms with Crippen molar-refractivity contribution in [3.8, 4) is 0 Å². The minimum Gasteiger partial charge on any atom is -0.283 e. The zero-order valence-corrected chi connectivity index (χ0v) is 15.6. The number of hydrogen-bond acceptors (Lipinski definition) is 3. The van der Waals surface area contributed by atoms with Crippen LogP contribution in [0.25, 0.3) is 10.9 Å². The first-order chi connectivity index (χ1) is 13.6. The Labute approximate surface area is 164 Å². The molecule has 140 valence electrons. The summed E-state index contributed by atoms with van der Waals surface area (Å²) in [6.07, 6.45) is 0. The smallest absolute Gasteiger partial charge is 0.262 e. The van der Waals surface area contributed by atoms with Gasteiger partial charge in [-0.2, -0.15) is 0 Å². The van der Waals surface area contributed by atoms with E-state index in [2.05, 4.69) is 4.98 Å². The van der Waals surface area contributed by atoms with Gasteiger partial charge in [0.05, 0.1) is 17.4 Å². The highest BCUT2D eigenvalue weighted by Crippen LogP contribution is 2.25. The van der Waals surface area contributed by atoms with E-state index in [9.17, 15) is 13.6 Å². The zero-order valence-electron chi connectivity index (χ0n) is 14.8. The van der Waals surface area contributed by atoms with Crippen molar-refractivity contribution < 1.29 is 8.78 Å². The first-order valence-electron chi connectivity index (χ1n) is 8.72. The summed E-state index contributed by atoms with van der Waals surface area (Å²) in [6.45, 7) is 0.333. The minimum absolute atomic E-state index is 0.0267. The lowest BCUT2D eigenvalue weighted by Gasteiger charge is -2.13. The van der Waals surface area contributed by atoms with Crippen LogP contribution in [0.1, 0.15) is 11.1 Å². The van der Waals surface area contributed by atoms with Crippen LogP contribution in [0.4, 0.5) is 8.78 Å². The fourth-order valence-electron chi connectivity index (χ4n) is 2.97. The van der Waals surface area contributed by atoms with Gasteiger partial charge in [-0.05, 0) is 29.8 Å². The van der Waals surface area contributed by atoms with E-state index >= 15 is 0 Å². The van der Waals surface area contributed by atoms with Gasteiger partial charge in [-0.1, -0.05) is 60.3 Å². The molecule has 0 spiro atoms. The predicted octanol–water partition coefficient (Wildman–Crippen LogP) is 5.02. The number of benzene rings is 3. The fourth-order valence-corrected chi connectivity index (χ4v) is 3.99. The number of halogens is 2. The Morgan fingerprint density at radius 3 is 2.29 bits per heavy atom. The summed E-state index contributed by atoms with van der Waals surface area (Å²) in [4.78, 5) is 17.6. The topological polar surface area (TPSA) is 34.9 Å². The van der Waals surface area contributed by atoms with E-state index in [0.717, 1.165) is 17.3 Å². The van der Waals surface area contributed by atoms with Crippen LogP contribution in [-0.2, 0) is 12.3 Å². The molecule has 6 heteroatoms. The lowest BCUT2D eigenvalue weighted by atomic mass is 10.2. The van der Waals surface area contributed by atoms with Crippen LogP contribution in [0.5, 0.6) is 0 Å². The molecule has 0 N–H and O–H groups in total. The highest BCUT2D eigenvalue weighted by Gasteiger charge is 2.15. The first-order valence-corrected chi connectivity index (χ1v) is 9.71. The van der Waals surface area contributed by atoms with Crippen LogP contribution < -0.4 is 5.56 Å². The quantitative estimate of drug-likeness (QED) is 0.352. The van der Waals surface area contributed by atoms with Crippen molar-refractivity contribution in [2.75, 3.05) is 0 Å². The Balaban J connectivity index is 1.77. The lowest BCUT2D eigenvalue weighted by molar-refractivity contribution is 0.566. The van der Waals surface area contributed by atoms with E-state index in [4.69, 9.17) is 0 Å². The second-order valence-corrected chi connectivity index (χ2v) is 7.22. The van der Waals surface area contributed by atoms with Gasteiger partial charge in [0.2, 0.25) is 0 Å². The second kappa shape index (κ2) is 7.94. The average Bonchev–Trinajstić information content (AvgIpc) is 2.71. The molecule has 3 aromatic carbocycles. The summed E-state index contributed by atoms with van der Waals surface area (Å²) in [5.74, 6) is -1.17. The Bertz CT molecular complexity index is 1170. The molecule has 0 aliphatic carbocycles. The van der Waals surface area contributed by atoms with E-state index in [1.807, 2.05) is 30.3 Å². The summed E-state index contributed by atoms with van der Waals surface area (Å²) in [6, 6.07) is 20.4. The number of rotatable bonds is 5. The van der Waals surface area contributed by atoms with E-state index in [-0.39, 0.29) is 16.9 Å². The molecular formula is C22H16F2N2OS. The van der Waals surface area contributed by atoms with Crippen molar-refractivity contribution in [3.63, 3.8) is 0 Å². The molecule has 0 saturated carbocycles. The van der Waals surface area contributed by atoms with Gasteiger partial charge in [-0.3, -0.25) is 9.36 Å².